The fourth-order valence-electron chi connectivity index (χ4n) is 4.91. The molecular weight excluding hydrogens is 546 g/mol. The van der Waals surface area contributed by atoms with Crippen LogP contribution in [0, 0.1) is 0 Å². The third kappa shape index (κ3) is 7.10. The van der Waals surface area contributed by atoms with Crippen LogP contribution in [0.15, 0.2) is 54.6 Å². The monoisotopic (exact) mass is 577 g/mol. The summed E-state index contributed by atoms with van der Waals surface area (Å²) in [7, 11) is 0. The molecule has 214 valence electrons. The molecule has 0 spiro atoms. The summed E-state index contributed by atoms with van der Waals surface area (Å²) in [5.41, 5.74) is 3.34. The summed E-state index contributed by atoms with van der Waals surface area (Å²) in [6.45, 7) is 1.88. The zero-order valence-corrected chi connectivity index (χ0v) is 23.3. The lowest BCUT2D eigenvalue weighted by molar-refractivity contribution is -0.135. The first-order chi connectivity index (χ1) is 19.9. The number of hydrogen-bond donors (Lipinski definition) is 3. The van der Waals surface area contributed by atoms with E-state index in [0.717, 1.165) is 11.1 Å². The fraction of sp³-hybridized carbons (Fsp3) is 0.323. The molecule has 10 heteroatoms. The molecule has 5 rings (SSSR count). The molecule has 0 saturated heterocycles. The van der Waals surface area contributed by atoms with E-state index in [1.807, 2.05) is 12.1 Å². The van der Waals surface area contributed by atoms with Crippen molar-refractivity contribution in [1.82, 2.24) is 15.5 Å². The van der Waals surface area contributed by atoms with Crippen molar-refractivity contribution in [3.63, 3.8) is 0 Å². The smallest absolute Gasteiger partial charge is 0.251 e. The first-order valence-corrected chi connectivity index (χ1v) is 14.1. The highest BCUT2D eigenvalue weighted by Gasteiger charge is 2.21. The lowest BCUT2D eigenvalue weighted by Gasteiger charge is -2.24. The Balaban J connectivity index is 1.32. The summed E-state index contributed by atoms with van der Waals surface area (Å²) < 4.78 is 11.2. The van der Waals surface area contributed by atoms with Crippen LogP contribution in [0.25, 0.3) is 11.1 Å². The Morgan fingerprint density at radius 1 is 0.927 bits per heavy atom. The zero-order chi connectivity index (χ0) is 28.8. The number of hydrogen-bond acceptors (Lipinski definition) is 6. The molecular formula is C31H32ClN3O6. The van der Waals surface area contributed by atoms with E-state index in [1.165, 1.54) is 4.90 Å². The number of fused-ring (bicyclic) bond motifs is 6. The second-order valence-corrected chi connectivity index (χ2v) is 10.5. The van der Waals surface area contributed by atoms with Gasteiger partial charge in [-0.2, -0.15) is 0 Å². The predicted molar refractivity (Wildman–Crippen MR) is 155 cm³/mol. The second kappa shape index (κ2) is 13.0. The highest BCUT2D eigenvalue weighted by molar-refractivity contribution is 6.31. The van der Waals surface area contributed by atoms with Gasteiger partial charge >= 0.3 is 0 Å². The van der Waals surface area contributed by atoms with Crippen molar-refractivity contribution in [3.05, 3.63) is 76.3 Å². The van der Waals surface area contributed by atoms with Crippen LogP contribution >= 0.6 is 11.6 Å². The average molecular weight is 578 g/mol. The Hall–Kier alpha value is -4.24. The van der Waals surface area contributed by atoms with Crippen LogP contribution in [0.2, 0.25) is 5.02 Å². The molecule has 2 aliphatic rings. The number of phenols is 1. The molecule has 2 aliphatic heterocycles. The number of nitrogens with one attached hydrogen (secondary N) is 2. The molecule has 0 atom stereocenters. The predicted octanol–water partition coefficient (Wildman–Crippen LogP) is 3.74. The standard InChI is InChI=1S/C31H32ClN3O6/c32-25-18-28-27(40-12-13-41-28)16-23(25)17-30(38)35-11-2-1-9-34-31(39)22-5-3-4-21(15-22)24-14-20(6-7-26(24)36)8-10-33-29(37)19-35/h3-7,14-16,18,36H,1-2,8-13,17,19H2,(H,33,37)(H,34,39). The number of halogens is 1. The highest BCUT2D eigenvalue weighted by Crippen LogP contribution is 2.36. The van der Waals surface area contributed by atoms with E-state index in [0.29, 0.717) is 85.3 Å². The maximum Gasteiger partial charge on any atom is 0.251 e. The summed E-state index contributed by atoms with van der Waals surface area (Å²) >= 11 is 6.44. The number of phenolic OH excluding ortho intramolecular Hbond substituents is 1. The average Bonchev–Trinajstić information content (AvgIpc) is 2.97. The van der Waals surface area contributed by atoms with Gasteiger partial charge in [-0.05, 0) is 66.3 Å². The molecule has 0 radical (unpaired) electrons. The van der Waals surface area contributed by atoms with Gasteiger partial charge in [0.15, 0.2) is 11.5 Å². The molecule has 0 aliphatic carbocycles. The Kier molecular flexibility index (Phi) is 8.94. The van der Waals surface area contributed by atoms with Crippen LogP contribution in [0.3, 0.4) is 0 Å². The molecule has 3 N–H and O–H groups in total. The number of benzene rings is 3. The van der Waals surface area contributed by atoms with Gasteiger partial charge in [0.2, 0.25) is 11.8 Å². The van der Waals surface area contributed by atoms with E-state index in [9.17, 15) is 19.5 Å². The highest BCUT2D eigenvalue weighted by atomic mass is 35.5. The molecule has 2 heterocycles. The minimum absolute atomic E-state index is 0.00607. The summed E-state index contributed by atoms with van der Waals surface area (Å²) in [4.78, 5) is 40.6. The first kappa shape index (κ1) is 28.3. The SMILES string of the molecule is O=C1CN(C(=O)Cc2cc3c(cc2Cl)OCCO3)CCCCNC(=O)c2cccc(c2)-c2cc(ccc2O)CCN1. The van der Waals surface area contributed by atoms with Crippen LogP contribution in [-0.2, 0) is 22.4 Å². The maximum atomic E-state index is 13.4. The molecule has 9 nitrogen and oxygen atoms in total. The Labute approximate surface area is 243 Å². The van der Waals surface area contributed by atoms with E-state index in [2.05, 4.69) is 10.6 Å². The lowest BCUT2D eigenvalue weighted by Crippen LogP contribution is -2.42. The van der Waals surface area contributed by atoms with Crippen molar-refractivity contribution in [2.75, 3.05) is 39.4 Å². The molecule has 0 unspecified atom stereocenters. The fourth-order valence-corrected chi connectivity index (χ4v) is 5.13. The molecule has 3 aromatic rings. The molecule has 0 fully saturated rings. The van der Waals surface area contributed by atoms with Gasteiger partial charge in [0.25, 0.3) is 5.91 Å². The van der Waals surface area contributed by atoms with Crippen molar-refractivity contribution >= 4 is 29.3 Å². The van der Waals surface area contributed by atoms with E-state index in [-0.39, 0.29) is 36.4 Å². The van der Waals surface area contributed by atoms with Gasteiger partial charge in [0, 0.05) is 41.9 Å². The van der Waals surface area contributed by atoms with Crippen LogP contribution in [-0.4, -0.2) is 67.1 Å². The molecule has 3 aromatic carbocycles. The topological polar surface area (TPSA) is 117 Å². The number of amides is 3. The van der Waals surface area contributed by atoms with E-state index < -0.39 is 0 Å². The largest absolute Gasteiger partial charge is 0.507 e. The summed E-state index contributed by atoms with van der Waals surface area (Å²) in [6, 6.07) is 15.7. The van der Waals surface area contributed by atoms with Crippen molar-refractivity contribution in [1.29, 1.82) is 0 Å². The summed E-state index contributed by atoms with van der Waals surface area (Å²) in [5, 5.41) is 16.7. The van der Waals surface area contributed by atoms with Crippen LogP contribution in [0.4, 0.5) is 0 Å². The van der Waals surface area contributed by atoms with Gasteiger partial charge < -0.3 is 30.1 Å². The van der Waals surface area contributed by atoms with Gasteiger partial charge in [0.05, 0.1) is 13.0 Å². The quantitative estimate of drug-likeness (QED) is 0.427. The van der Waals surface area contributed by atoms with Crippen molar-refractivity contribution in [2.45, 2.75) is 25.7 Å². The third-order valence-corrected chi connectivity index (χ3v) is 7.46. The van der Waals surface area contributed by atoms with E-state index in [1.54, 1.807) is 42.5 Å². The van der Waals surface area contributed by atoms with Gasteiger partial charge in [-0.3, -0.25) is 14.4 Å². The van der Waals surface area contributed by atoms with Crippen molar-refractivity contribution in [3.8, 4) is 28.4 Å². The number of nitrogens with zero attached hydrogens (tertiary/aromatic N) is 1. The van der Waals surface area contributed by atoms with E-state index in [4.69, 9.17) is 21.1 Å². The Morgan fingerprint density at radius 2 is 1.71 bits per heavy atom. The van der Waals surface area contributed by atoms with Gasteiger partial charge in [0.1, 0.15) is 19.0 Å². The van der Waals surface area contributed by atoms with Crippen molar-refractivity contribution < 1.29 is 29.0 Å². The van der Waals surface area contributed by atoms with Crippen LogP contribution in [0.5, 0.6) is 17.2 Å². The molecule has 41 heavy (non-hydrogen) atoms. The number of carbonyl (C=O) groups excluding carboxylic acids is 3. The second-order valence-electron chi connectivity index (χ2n) is 10.1. The number of carbonyl (C=O) groups is 3. The lowest BCUT2D eigenvalue weighted by atomic mass is 9.98. The molecule has 4 bridgehead atoms. The van der Waals surface area contributed by atoms with Crippen molar-refractivity contribution in [2.24, 2.45) is 0 Å². The first-order valence-electron chi connectivity index (χ1n) is 13.7. The van der Waals surface area contributed by atoms with Crippen LogP contribution < -0.4 is 20.1 Å². The molecule has 0 aromatic heterocycles. The summed E-state index contributed by atoms with van der Waals surface area (Å²) in [6.07, 6.45) is 1.74. The van der Waals surface area contributed by atoms with Crippen LogP contribution in [0.1, 0.15) is 34.3 Å². The third-order valence-electron chi connectivity index (χ3n) is 7.11. The minimum atomic E-state index is -0.271. The summed E-state index contributed by atoms with van der Waals surface area (Å²) in [5.74, 6) is 0.466. The van der Waals surface area contributed by atoms with Gasteiger partial charge in [-0.1, -0.05) is 29.8 Å². The number of ether oxygens (including phenoxy) is 2. The van der Waals surface area contributed by atoms with Gasteiger partial charge in [-0.15, -0.1) is 0 Å². The molecule has 3 amide bonds. The molecule has 0 saturated carbocycles. The Bertz CT molecular complexity index is 1460. The van der Waals surface area contributed by atoms with Gasteiger partial charge in [-0.25, -0.2) is 0 Å². The maximum absolute atomic E-state index is 13.4. The number of aromatic hydroxyl groups is 1. The minimum Gasteiger partial charge on any atom is -0.507 e. The van der Waals surface area contributed by atoms with E-state index >= 15 is 0 Å². The zero-order valence-electron chi connectivity index (χ0n) is 22.6. The normalized spacial score (nSPS) is 16.2. The Morgan fingerprint density at radius 3 is 2.54 bits per heavy atom. The number of rotatable bonds is 2.